The number of benzene rings is 1. The fourth-order valence-corrected chi connectivity index (χ4v) is 4.60. The quantitative estimate of drug-likeness (QED) is 0.405. The molecule has 1 saturated carbocycles. The van der Waals surface area contributed by atoms with E-state index in [1.54, 1.807) is 6.92 Å². The molecule has 0 spiro atoms. The molecule has 4 heterocycles. The fourth-order valence-electron chi connectivity index (χ4n) is 4.60. The van der Waals surface area contributed by atoms with Gasteiger partial charge in [-0.3, -0.25) is 4.68 Å². The van der Waals surface area contributed by atoms with E-state index in [0.29, 0.717) is 54.1 Å². The smallest absolute Gasteiger partial charge is 0.235 e. The van der Waals surface area contributed by atoms with Gasteiger partial charge in [0.05, 0.1) is 25.5 Å². The van der Waals surface area contributed by atoms with E-state index in [2.05, 4.69) is 21.3 Å². The van der Waals surface area contributed by atoms with Crippen LogP contribution in [0.25, 0.3) is 22.4 Å². The van der Waals surface area contributed by atoms with Crippen LogP contribution in [0.2, 0.25) is 0 Å². The summed E-state index contributed by atoms with van der Waals surface area (Å²) in [7, 11) is 1.49. The molecule has 180 valence electrons. The van der Waals surface area contributed by atoms with E-state index in [-0.39, 0.29) is 23.3 Å². The molecule has 0 amide bonds. The van der Waals surface area contributed by atoms with Crippen LogP contribution in [0.4, 0.5) is 8.78 Å². The van der Waals surface area contributed by atoms with Crippen molar-refractivity contribution in [3.8, 4) is 17.1 Å². The average Bonchev–Trinajstić information content (AvgIpc) is 3.59. The second-order valence-electron chi connectivity index (χ2n) is 9.11. The van der Waals surface area contributed by atoms with Crippen LogP contribution in [0.5, 0.6) is 5.88 Å². The van der Waals surface area contributed by atoms with Gasteiger partial charge in [-0.2, -0.15) is 5.10 Å². The summed E-state index contributed by atoms with van der Waals surface area (Å²) in [6.45, 7) is 2.31. The Labute approximate surface area is 200 Å². The lowest BCUT2D eigenvalue weighted by atomic mass is 9.92. The number of nitrogens with zero attached hydrogens (tertiary/aromatic N) is 6. The standard InChI is InChI=1S/C25H24F2N6O2/c1-13-25(34-2)31-22-21(18-6-3-16(26)10-19(18)27)30-23(32-24(22)29-13)14-7-8-35-20(9-14)15-11-28-33(12-15)17-4-5-17/h3,6,10-12,14,17,20H,4-5,7-9H2,1-2H3/t14-,20-/m1/s1. The zero-order valence-corrected chi connectivity index (χ0v) is 19.4. The van der Waals surface area contributed by atoms with Crippen molar-refractivity contribution in [2.45, 2.75) is 50.7 Å². The molecule has 0 radical (unpaired) electrons. The first-order valence-corrected chi connectivity index (χ1v) is 11.7. The second kappa shape index (κ2) is 8.60. The van der Waals surface area contributed by atoms with Crippen LogP contribution in [0.15, 0.2) is 30.6 Å². The Bertz CT molecular complexity index is 1420. The van der Waals surface area contributed by atoms with Crippen LogP contribution >= 0.6 is 0 Å². The van der Waals surface area contributed by atoms with Gasteiger partial charge in [0.15, 0.2) is 5.65 Å². The number of halogens is 2. The number of hydrogen-bond donors (Lipinski definition) is 0. The zero-order valence-electron chi connectivity index (χ0n) is 19.4. The van der Waals surface area contributed by atoms with Crippen molar-refractivity contribution in [3.05, 3.63) is 59.3 Å². The Morgan fingerprint density at radius 1 is 1.09 bits per heavy atom. The summed E-state index contributed by atoms with van der Waals surface area (Å²) in [6.07, 6.45) is 7.50. The molecule has 4 aromatic rings. The minimum Gasteiger partial charge on any atom is -0.480 e. The lowest BCUT2D eigenvalue weighted by molar-refractivity contribution is 0.00396. The number of rotatable bonds is 5. The first kappa shape index (κ1) is 22.0. The molecule has 8 nitrogen and oxygen atoms in total. The number of aryl methyl sites for hydroxylation is 1. The largest absolute Gasteiger partial charge is 0.480 e. The zero-order chi connectivity index (χ0) is 24.1. The van der Waals surface area contributed by atoms with Gasteiger partial charge in [-0.1, -0.05) is 0 Å². The van der Waals surface area contributed by atoms with Crippen LogP contribution in [0.1, 0.15) is 60.8 Å². The summed E-state index contributed by atoms with van der Waals surface area (Å²) < 4.78 is 41.9. The molecule has 2 fully saturated rings. The third-order valence-corrected chi connectivity index (χ3v) is 6.62. The minimum absolute atomic E-state index is 0.0334. The van der Waals surface area contributed by atoms with Crippen molar-refractivity contribution in [2.24, 2.45) is 0 Å². The predicted molar refractivity (Wildman–Crippen MR) is 123 cm³/mol. The highest BCUT2D eigenvalue weighted by atomic mass is 19.1. The molecule has 0 N–H and O–H groups in total. The SMILES string of the molecule is COc1nc2c(-c3ccc(F)cc3F)nc([C@@H]3CCO[C@@H](c4cnn(C5CC5)c4)C3)nc2nc1C. The van der Waals surface area contributed by atoms with E-state index in [1.165, 1.54) is 19.2 Å². The average molecular weight is 479 g/mol. The van der Waals surface area contributed by atoms with Crippen molar-refractivity contribution >= 4 is 11.2 Å². The van der Waals surface area contributed by atoms with Crippen molar-refractivity contribution in [1.82, 2.24) is 29.7 Å². The van der Waals surface area contributed by atoms with Gasteiger partial charge in [-0.15, -0.1) is 0 Å². The number of fused-ring (bicyclic) bond motifs is 1. The Balaban J connectivity index is 1.42. The monoisotopic (exact) mass is 478 g/mol. The van der Waals surface area contributed by atoms with E-state index in [4.69, 9.17) is 19.4 Å². The van der Waals surface area contributed by atoms with E-state index in [1.807, 2.05) is 10.9 Å². The van der Waals surface area contributed by atoms with Gasteiger partial charge in [0.25, 0.3) is 0 Å². The normalized spacial score (nSPS) is 20.3. The number of hydrogen-bond acceptors (Lipinski definition) is 7. The summed E-state index contributed by atoms with van der Waals surface area (Å²) >= 11 is 0. The third kappa shape index (κ3) is 4.12. The van der Waals surface area contributed by atoms with Gasteiger partial charge in [0.1, 0.15) is 34.4 Å². The highest BCUT2D eigenvalue weighted by Gasteiger charge is 2.31. The van der Waals surface area contributed by atoms with Gasteiger partial charge < -0.3 is 9.47 Å². The predicted octanol–water partition coefficient (Wildman–Crippen LogP) is 4.85. The topological polar surface area (TPSA) is 87.8 Å². The molecule has 1 aromatic carbocycles. The molecule has 2 atom stereocenters. The van der Waals surface area contributed by atoms with Gasteiger partial charge >= 0.3 is 0 Å². The molecule has 10 heteroatoms. The number of methoxy groups -OCH3 is 1. The van der Waals surface area contributed by atoms with Crippen LogP contribution in [0, 0.1) is 18.6 Å². The first-order valence-electron chi connectivity index (χ1n) is 11.7. The van der Waals surface area contributed by atoms with E-state index >= 15 is 0 Å². The Morgan fingerprint density at radius 3 is 2.71 bits per heavy atom. The lowest BCUT2D eigenvalue weighted by Crippen LogP contribution is -2.20. The summed E-state index contributed by atoms with van der Waals surface area (Å²) in [5.74, 6) is -0.582. The molecular weight excluding hydrogens is 454 g/mol. The minimum atomic E-state index is -0.727. The maximum atomic E-state index is 14.8. The van der Waals surface area contributed by atoms with Crippen LogP contribution < -0.4 is 4.74 Å². The van der Waals surface area contributed by atoms with E-state index in [0.717, 1.165) is 24.5 Å². The van der Waals surface area contributed by atoms with E-state index in [9.17, 15) is 8.78 Å². The summed E-state index contributed by atoms with van der Waals surface area (Å²) in [5, 5.41) is 4.49. The summed E-state index contributed by atoms with van der Waals surface area (Å²) in [5.41, 5.74) is 2.64. The molecular formula is C25H24F2N6O2. The van der Waals surface area contributed by atoms with Crippen molar-refractivity contribution in [3.63, 3.8) is 0 Å². The van der Waals surface area contributed by atoms with Crippen molar-refractivity contribution in [2.75, 3.05) is 13.7 Å². The summed E-state index contributed by atoms with van der Waals surface area (Å²) in [6, 6.07) is 3.90. The number of ether oxygens (including phenoxy) is 2. The summed E-state index contributed by atoms with van der Waals surface area (Å²) in [4.78, 5) is 18.5. The molecule has 1 saturated heterocycles. The maximum absolute atomic E-state index is 14.8. The molecule has 3 aromatic heterocycles. The molecule has 35 heavy (non-hydrogen) atoms. The molecule has 0 unspecified atom stereocenters. The van der Waals surface area contributed by atoms with Gasteiger partial charge in [-0.25, -0.2) is 28.7 Å². The Hall–Kier alpha value is -3.53. The van der Waals surface area contributed by atoms with Crippen LogP contribution in [-0.2, 0) is 4.74 Å². The van der Waals surface area contributed by atoms with Gasteiger partial charge in [-0.05, 0) is 44.7 Å². The Morgan fingerprint density at radius 2 is 1.94 bits per heavy atom. The highest BCUT2D eigenvalue weighted by molar-refractivity contribution is 5.87. The molecule has 0 bridgehead atoms. The molecule has 2 aliphatic rings. The van der Waals surface area contributed by atoms with Gasteiger partial charge in [0, 0.05) is 35.9 Å². The van der Waals surface area contributed by atoms with Crippen molar-refractivity contribution in [1.29, 1.82) is 0 Å². The maximum Gasteiger partial charge on any atom is 0.235 e. The third-order valence-electron chi connectivity index (χ3n) is 6.62. The first-order chi connectivity index (χ1) is 17.0. The molecule has 1 aliphatic heterocycles. The van der Waals surface area contributed by atoms with Gasteiger partial charge in [0.2, 0.25) is 5.88 Å². The van der Waals surface area contributed by atoms with Crippen molar-refractivity contribution < 1.29 is 18.3 Å². The number of aromatic nitrogens is 6. The lowest BCUT2D eigenvalue weighted by Gasteiger charge is -2.28. The van der Waals surface area contributed by atoms with Crippen LogP contribution in [-0.4, -0.2) is 43.4 Å². The highest BCUT2D eigenvalue weighted by Crippen LogP contribution is 2.40. The molecule has 1 aliphatic carbocycles. The fraction of sp³-hybridized carbons (Fsp3) is 0.400. The second-order valence-corrected chi connectivity index (χ2v) is 9.11. The van der Waals surface area contributed by atoms with Crippen LogP contribution in [0.3, 0.4) is 0 Å². The van der Waals surface area contributed by atoms with E-state index < -0.39 is 11.6 Å². The Kier molecular flexibility index (Phi) is 5.40. The molecule has 6 rings (SSSR count).